The SMILES string of the molecule is CCc1ccccc1P(C)CCC(C)(C)C. The Balaban J connectivity index is 2.69. The van der Waals surface area contributed by atoms with Crippen molar-refractivity contribution in [2.24, 2.45) is 5.41 Å². The number of hydrogen-bond donors (Lipinski definition) is 0. The van der Waals surface area contributed by atoms with Crippen molar-refractivity contribution in [3.63, 3.8) is 0 Å². The Morgan fingerprint density at radius 1 is 1.12 bits per heavy atom. The molecule has 0 fully saturated rings. The zero-order chi connectivity index (χ0) is 12.2. The first-order valence-electron chi connectivity index (χ1n) is 6.23. The fourth-order valence-electron chi connectivity index (χ4n) is 1.81. The van der Waals surface area contributed by atoms with Gasteiger partial charge in [0.05, 0.1) is 0 Å². The summed E-state index contributed by atoms with van der Waals surface area (Å²) < 4.78 is 0. The molecule has 1 unspecified atom stereocenters. The lowest BCUT2D eigenvalue weighted by Crippen LogP contribution is -2.13. The fourth-order valence-corrected chi connectivity index (χ4v) is 4.12. The molecular formula is C15H25P. The second-order valence-corrected chi connectivity index (χ2v) is 8.04. The van der Waals surface area contributed by atoms with Crippen LogP contribution in [0.15, 0.2) is 24.3 Å². The van der Waals surface area contributed by atoms with E-state index in [1.807, 2.05) is 0 Å². The minimum Gasteiger partial charge on any atom is -0.0782 e. The van der Waals surface area contributed by atoms with Crippen molar-refractivity contribution in [1.29, 1.82) is 0 Å². The second kappa shape index (κ2) is 5.82. The van der Waals surface area contributed by atoms with Crippen LogP contribution in [0.2, 0.25) is 0 Å². The molecule has 0 amide bonds. The Kier molecular flexibility index (Phi) is 4.99. The van der Waals surface area contributed by atoms with Crippen LogP contribution >= 0.6 is 7.92 Å². The summed E-state index contributed by atoms with van der Waals surface area (Å²) >= 11 is 0. The van der Waals surface area contributed by atoms with E-state index < -0.39 is 0 Å². The van der Waals surface area contributed by atoms with Gasteiger partial charge < -0.3 is 0 Å². The minimum atomic E-state index is 0.0334. The Morgan fingerprint density at radius 2 is 1.75 bits per heavy atom. The summed E-state index contributed by atoms with van der Waals surface area (Å²) in [5.74, 6) is 0. The normalized spacial score (nSPS) is 13.8. The molecule has 1 atom stereocenters. The molecule has 0 nitrogen and oxygen atoms in total. The third-order valence-corrected chi connectivity index (χ3v) is 5.13. The predicted octanol–water partition coefficient (Wildman–Crippen LogP) is 4.42. The highest BCUT2D eigenvalue weighted by molar-refractivity contribution is 7.65. The van der Waals surface area contributed by atoms with Crippen LogP contribution in [0.3, 0.4) is 0 Å². The van der Waals surface area contributed by atoms with E-state index in [2.05, 4.69) is 58.6 Å². The monoisotopic (exact) mass is 236 g/mol. The molecular weight excluding hydrogens is 211 g/mol. The van der Waals surface area contributed by atoms with Crippen LogP contribution in [0.1, 0.15) is 39.7 Å². The maximum absolute atomic E-state index is 2.43. The van der Waals surface area contributed by atoms with E-state index >= 15 is 0 Å². The van der Waals surface area contributed by atoms with Crippen LogP contribution in [0.5, 0.6) is 0 Å². The van der Waals surface area contributed by atoms with Gasteiger partial charge in [-0.15, -0.1) is 0 Å². The Labute approximate surface area is 102 Å². The second-order valence-electron chi connectivity index (χ2n) is 5.71. The molecule has 0 aromatic heterocycles. The maximum Gasteiger partial charge on any atom is -0.0211 e. The molecule has 0 bridgehead atoms. The van der Waals surface area contributed by atoms with Gasteiger partial charge in [0.15, 0.2) is 0 Å². The molecule has 0 heterocycles. The van der Waals surface area contributed by atoms with Gasteiger partial charge in [-0.1, -0.05) is 59.9 Å². The van der Waals surface area contributed by atoms with Crippen molar-refractivity contribution >= 4 is 13.2 Å². The minimum absolute atomic E-state index is 0.0334. The highest BCUT2D eigenvalue weighted by Crippen LogP contribution is 2.35. The molecule has 0 aliphatic rings. The van der Waals surface area contributed by atoms with Crippen LogP contribution in [0.4, 0.5) is 0 Å². The topological polar surface area (TPSA) is 0 Å². The van der Waals surface area contributed by atoms with Crippen LogP contribution in [-0.2, 0) is 6.42 Å². The standard InChI is InChI=1S/C15H25P/c1-6-13-9-7-8-10-14(13)16(5)12-11-15(2,3)4/h7-10H,6,11-12H2,1-5H3. The molecule has 90 valence electrons. The summed E-state index contributed by atoms with van der Waals surface area (Å²) in [6.07, 6.45) is 3.85. The van der Waals surface area contributed by atoms with Crippen LogP contribution in [-0.4, -0.2) is 12.8 Å². The van der Waals surface area contributed by atoms with Gasteiger partial charge in [-0.3, -0.25) is 0 Å². The number of aryl methyl sites for hydroxylation is 1. The maximum atomic E-state index is 2.43. The van der Waals surface area contributed by atoms with Gasteiger partial charge >= 0.3 is 0 Å². The molecule has 1 heteroatoms. The van der Waals surface area contributed by atoms with Gasteiger partial charge in [0.1, 0.15) is 0 Å². The first kappa shape index (κ1) is 13.7. The van der Waals surface area contributed by atoms with Crippen molar-refractivity contribution in [2.45, 2.75) is 40.5 Å². The van der Waals surface area contributed by atoms with Crippen molar-refractivity contribution < 1.29 is 0 Å². The summed E-state index contributed by atoms with van der Waals surface area (Å²) in [6.45, 7) is 11.7. The van der Waals surface area contributed by atoms with Gasteiger partial charge in [0.25, 0.3) is 0 Å². The molecule has 0 radical (unpaired) electrons. The van der Waals surface area contributed by atoms with Gasteiger partial charge in [0.2, 0.25) is 0 Å². The van der Waals surface area contributed by atoms with Gasteiger partial charge in [-0.2, -0.15) is 0 Å². The quantitative estimate of drug-likeness (QED) is 0.679. The molecule has 0 aliphatic carbocycles. The fraction of sp³-hybridized carbons (Fsp3) is 0.600. The average molecular weight is 236 g/mol. The molecule has 0 N–H and O–H groups in total. The number of rotatable bonds is 4. The molecule has 1 aromatic rings. The molecule has 0 saturated carbocycles. The van der Waals surface area contributed by atoms with E-state index in [-0.39, 0.29) is 7.92 Å². The van der Waals surface area contributed by atoms with Crippen LogP contribution in [0, 0.1) is 5.41 Å². The zero-order valence-corrected chi connectivity index (χ0v) is 12.3. The average Bonchev–Trinajstić information content (AvgIpc) is 2.25. The van der Waals surface area contributed by atoms with Crippen molar-refractivity contribution in [2.75, 3.05) is 12.8 Å². The van der Waals surface area contributed by atoms with E-state index in [4.69, 9.17) is 0 Å². The summed E-state index contributed by atoms with van der Waals surface area (Å²) in [7, 11) is 0.0334. The summed E-state index contributed by atoms with van der Waals surface area (Å²) in [5, 5.41) is 1.62. The molecule has 16 heavy (non-hydrogen) atoms. The van der Waals surface area contributed by atoms with Gasteiger partial charge in [0, 0.05) is 0 Å². The lowest BCUT2D eigenvalue weighted by atomic mass is 9.94. The van der Waals surface area contributed by atoms with Crippen molar-refractivity contribution in [1.82, 2.24) is 0 Å². The zero-order valence-electron chi connectivity index (χ0n) is 11.4. The van der Waals surface area contributed by atoms with E-state index in [1.54, 1.807) is 10.9 Å². The highest BCUT2D eigenvalue weighted by Gasteiger charge is 2.14. The van der Waals surface area contributed by atoms with Crippen molar-refractivity contribution in [3.8, 4) is 0 Å². The first-order valence-corrected chi connectivity index (χ1v) is 8.20. The first-order chi connectivity index (χ1) is 7.44. The van der Waals surface area contributed by atoms with Crippen LogP contribution < -0.4 is 5.30 Å². The van der Waals surface area contributed by atoms with E-state index in [1.165, 1.54) is 19.0 Å². The highest BCUT2D eigenvalue weighted by atomic mass is 31.1. The van der Waals surface area contributed by atoms with Crippen LogP contribution in [0.25, 0.3) is 0 Å². The van der Waals surface area contributed by atoms with Gasteiger partial charge in [-0.05, 0) is 42.0 Å². The van der Waals surface area contributed by atoms with E-state index in [0.29, 0.717) is 5.41 Å². The van der Waals surface area contributed by atoms with E-state index in [9.17, 15) is 0 Å². The van der Waals surface area contributed by atoms with Crippen molar-refractivity contribution in [3.05, 3.63) is 29.8 Å². The Morgan fingerprint density at radius 3 is 2.31 bits per heavy atom. The summed E-state index contributed by atoms with van der Waals surface area (Å²) in [6, 6.07) is 8.96. The summed E-state index contributed by atoms with van der Waals surface area (Å²) in [5.41, 5.74) is 2.02. The largest absolute Gasteiger partial charge is 0.0782 e. The third-order valence-electron chi connectivity index (χ3n) is 2.98. The molecule has 0 aliphatic heterocycles. The lowest BCUT2D eigenvalue weighted by molar-refractivity contribution is 0.401. The molecule has 0 spiro atoms. The molecule has 1 aromatic carbocycles. The lowest BCUT2D eigenvalue weighted by Gasteiger charge is -2.22. The molecule has 1 rings (SSSR count). The number of hydrogen-bond acceptors (Lipinski definition) is 0. The Hall–Kier alpha value is -0.350. The van der Waals surface area contributed by atoms with E-state index in [0.717, 1.165) is 0 Å². The predicted molar refractivity (Wildman–Crippen MR) is 77.2 cm³/mol. The smallest absolute Gasteiger partial charge is 0.0211 e. The third kappa shape index (κ3) is 4.26. The number of benzene rings is 1. The Bertz CT molecular complexity index is 322. The molecule has 0 saturated heterocycles. The van der Waals surface area contributed by atoms with Gasteiger partial charge in [-0.25, -0.2) is 0 Å². The summed E-state index contributed by atoms with van der Waals surface area (Å²) in [4.78, 5) is 0.